The van der Waals surface area contributed by atoms with Crippen LogP contribution in [0.4, 0.5) is 0 Å². The maximum atomic E-state index is 9.27. The molecule has 0 aromatic carbocycles. The van der Waals surface area contributed by atoms with Gasteiger partial charge in [-0.1, -0.05) is 20.8 Å². The number of hydrogen-bond acceptors (Lipinski definition) is 3. The molecule has 0 amide bonds. The van der Waals surface area contributed by atoms with Crippen LogP contribution in [0.25, 0.3) is 0 Å². The van der Waals surface area contributed by atoms with Crippen molar-refractivity contribution in [3.63, 3.8) is 0 Å². The lowest BCUT2D eigenvalue weighted by Crippen LogP contribution is -2.44. The summed E-state index contributed by atoms with van der Waals surface area (Å²) in [6.45, 7) is 10.4. The van der Waals surface area contributed by atoms with Gasteiger partial charge in [-0.15, -0.1) is 0 Å². The lowest BCUT2D eigenvalue weighted by molar-refractivity contribution is 0.128. The standard InChI is InChI=1S/C14H30N2O/c1-4-14(15,11-17)6-5-7-16-9-12(2)8-13(3)10-16/h12-13,17H,4-11,15H2,1-3H3. The average Bonchev–Trinajstić information content (AvgIpc) is 2.27. The zero-order valence-corrected chi connectivity index (χ0v) is 11.8. The number of aliphatic hydroxyl groups is 1. The van der Waals surface area contributed by atoms with Crippen LogP contribution in [-0.4, -0.2) is 41.8 Å². The van der Waals surface area contributed by atoms with Crippen LogP contribution in [0.2, 0.25) is 0 Å². The highest BCUT2D eigenvalue weighted by molar-refractivity contribution is 4.82. The zero-order chi connectivity index (χ0) is 12.9. The molecular formula is C14H30N2O. The summed E-state index contributed by atoms with van der Waals surface area (Å²) in [4.78, 5) is 2.56. The minimum Gasteiger partial charge on any atom is -0.394 e. The topological polar surface area (TPSA) is 49.5 Å². The number of hydrogen-bond donors (Lipinski definition) is 2. The third-order valence-corrected chi connectivity index (χ3v) is 4.11. The van der Waals surface area contributed by atoms with E-state index >= 15 is 0 Å². The minimum absolute atomic E-state index is 0.107. The Morgan fingerprint density at radius 1 is 1.29 bits per heavy atom. The highest BCUT2D eigenvalue weighted by Gasteiger charge is 2.24. The van der Waals surface area contributed by atoms with Gasteiger partial charge in [0.2, 0.25) is 0 Å². The van der Waals surface area contributed by atoms with E-state index in [0.717, 1.165) is 37.6 Å². The smallest absolute Gasteiger partial charge is 0.0611 e. The van der Waals surface area contributed by atoms with Crippen molar-refractivity contribution in [1.82, 2.24) is 4.90 Å². The Hall–Kier alpha value is -0.120. The van der Waals surface area contributed by atoms with Crippen molar-refractivity contribution in [1.29, 1.82) is 0 Å². The molecule has 0 aromatic heterocycles. The summed E-state index contributed by atoms with van der Waals surface area (Å²) in [5, 5.41) is 9.27. The Morgan fingerprint density at radius 3 is 2.35 bits per heavy atom. The fourth-order valence-corrected chi connectivity index (χ4v) is 3.00. The van der Waals surface area contributed by atoms with Gasteiger partial charge in [0.05, 0.1) is 6.61 Å². The maximum Gasteiger partial charge on any atom is 0.0611 e. The molecule has 1 rings (SSSR count). The summed E-state index contributed by atoms with van der Waals surface area (Å²) in [5.74, 6) is 1.65. The Morgan fingerprint density at radius 2 is 1.88 bits per heavy atom. The molecule has 0 spiro atoms. The number of piperidine rings is 1. The van der Waals surface area contributed by atoms with Gasteiger partial charge in [-0.2, -0.15) is 0 Å². The summed E-state index contributed by atoms with van der Waals surface area (Å²) < 4.78 is 0. The summed E-state index contributed by atoms with van der Waals surface area (Å²) in [6.07, 6.45) is 4.25. The van der Waals surface area contributed by atoms with Crippen molar-refractivity contribution in [2.75, 3.05) is 26.2 Å². The molecule has 3 unspecified atom stereocenters. The number of rotatable bonds is 6. The normalized spacial score (nSPS) is 30.2. The SMILES string of the molecule is CCC(N)(CO)CCCN1CC(C)CC(C)C1. The van der Waals surface area contributed by atoms with Gasteiger partial charge in [0.25, 0.3) is 0 Å². The monoisotopic (exact) mass is 242 g/mol. The van der Waals surface area contributed by atoms with E-state index in [1.54, 1.807) is 0 Å². The first kappa shape index (κ1) is 14.9. The number of nitrogens with zero attached hydrogens (tertiary/aromatic N) is 1. The molecule has 0 bridgehead atoms. The quantitative estimate of drug-likeness (QED) is 0.747. The van der Waals surface area contributed by atoms with Gasteiger partial charge in [0.15, 0.2) is 0 Å². The van der Waals surface area contributed by atoms with Crippen LogP contribution in [-0.2, 0) is 0 Å². The number of aliphatic hydroxyl groups excluding tert-OH is 1. The largest absolute Gasteiger partial charge is 0.394 e. The van der Waals surface area contributed by atoms with E-state index in [9.17, 15) is 5.11 Å². The zero-order valence-electron chi connectivity index (χ0n) is 11.8. The molecule has 0 aliphatic carbocycles. The lowest BCUT2D eigenvalue weighted by atomic mass is 9.90. The van der Waals surface area contributed by atoms with Crippen LogP contribution in [0, 0.1) is 11.8 Å². The molecular weight excluding hydrogens is 212 g/mol. The molecule has 3 atom stereocenters. The van der Waals surface area contributed by atoms with Gasteiger partial charge in [-0.25, -0.2) is 0 Å². The third-order valence-electron chi connectivity index (χ3n) is 4.11. The van der Waals surface area contributed by atoms with Crippen LogP contribution in [0.15, 0.2) is 0 Å². The lowest BCUT2D eigenvalue weighted by Gasteiger charge is -2.35. The van der Waals surface area contributed by atoms with Crippen molar-refractivity contribution in [3.8, 4) is 0 Å². The summed E-state index contributed by atoms with van der Waals surface area (Å²) >= 11 is 0. The first-order valence-electron chi connectivity index (χ1n) is 7.11. The maximum absolute atomic E-state index is 9.27. The van der Waals surface area contributed by atoms with E-state index in [1.165, 1.54) is 19.5 Å². The van der Waals surface area contributed by atoms with Crippen molar-refractivity contribution in [2.45, 2.75) is 52.0 Å². The van der Waals surface area contributed by atoms with E-state index in [2.05, 4.69) is 25.7 Å². The molecule has 0 radical (unpaired) electrons. The van der Waals surface area contributed by atoms with Crippen molar-refractivity contribution >= 4 is 0 Å². The van der Waals surface area contributed by atoms with E-state index in [-0.39, 0.29) is 12.1 Å². The molecule has 102 valence electrons. The molecule has 0 aromatic rings. The van der Waals surface area contributed by atoms with E-state index in [4.69, 9.17) is 5.73 Å². The predicted molar refractivity (Wildman–Crippen MR) is 72.9 cm³/mol. The molecule has 1 heterocycles. The van der Waals surface area contributed by atoms with E-state index in [1.807, 2.05) is 0 Å². The molecule has 1 aliphatic heterocycles. The van der Waals surface area contributed by atoms with Crippen molar-refractivity contribution in [3.05, 3.63) is 0 Å². The number of nitrogens with two attached hydrogens (primary N) is 1. The second kappa shape index (κ2) is 6.72. The predicted octanol–water partition coefficient (Wildman–Crippen LogP) is 1.84. The van der Waals surface area contributed by atoms with Gasteiger partial charge in [0.1, 0.15) is 0 Å². The van der Waals surface area contributed by atoms with Gasteiger partial charge in [0, 0.05) is 18.6 Å². The number of likely N-dealkylation sites (tertiary alicyclic amines) is 1. The minimum atomic E-state index is -0.354. The highest BCUT2D eigenvalue weighted by Crippen LogP contribution is 2.22. The fourth-order valence-electron chi connectivity index (χ4n) is 3.00. The van der Waals surface area contributed by atoms with Crippen LogP contribution in [0.5, 0.6) is 0 Å². The Labute approximate surface area is 106 Å². The highest BCUT2D eigenvalue weighted by atomic mass is 16.3. The van der Waals surface area contributed by atoms with Gasteiger partial charge in [-0.3, -0.25) is 0 Å². The van der Waals surface area contributed by atoms with Crippen LogP contribution in [0.3, 0.4) is 0 Å². The third kappa shape index (κ3) is 4.94. The van der Waals surface area contributed by atoms with Crippen molar-refractivity contribution in [2.24, 2.45) is 17.6 Å². The first-order chi connectivity index (χ1) is 7.99. The average molecular weight is 242 g/mol. The van der Waals surface area contributed by atoms with Gasteiger partial charge < -0.3 is 15.7 Å². The second-order valence-corrected chi connectivity index (χ2v) is 6.18. The summed E-state index contributed by atoms with van der Waals surface area (Å²) in [5.41, 5.74) is 5.74. The first-order valence-corrected chi connectivity index (χ1v) is 7.11. The fraction of sp³-hybridized carbons (Fsp3) is 1.00. The second-order valence-electron chi connectivity index (χ2n) is 6.18. The van der Waals surface area contributed by atoms with E-state index < -0.39 is 0 Å². The molecule has 0 saturated carbocycles. The molecule has 1 saturated heterocycles. The molecule has 3 nitrogen and oxygen atoms in total. The summed E-state index contributed by atoms with van der Waals surface area (Å²) in [7, 11) is 0. The molecule has 17 heavy (non-hydrogen) atoms. The molecule has 1 aliphatic rings. The Bertz CT molecular complexity index is 206. The van der Waals surface area contributed by atoms with Gasteiger partial charge >= 0.3 is 0 Å². The van der Waals surface area contributed by atoms with E-state index in [0.29, 0.717) is 0 Å². The van der Waals surface area contributed by atoms with Gasteiger partial charge in [-0.05, 0) is 44.1 Å². The molecule has 3 heteroatoms. The van der Waals surface area contributed by atoms with Crippen LogP contribution in [0.1, 0.15) is 46.5 Å². The molecule has 3 N–H and O–H groups in total. The van der Waals surface area contributed by atoms with Crippen LogP contribution >= 0.6 is 0 Å². The summed E-state index contributed by atoms with van der Waals surface area (Å²) in [6, 6.07) is 0. The molecule has 1 fully saturated rings. The Kier molecular flexibility index (Phi) is 5.90. The Balaban J connectivity index is 2.26. The van der Waals surface area contributed by atoms with Crippen molar-refractivity contribution < 1.29 is 5.11 Å². The van der Waals surface area contributed by atoms with Crippen LogP contribution < -0.4 is 5.73 Å².